The van der Waals surface area contributed by atoms with Crippen molar-refractivity contribution >= 4 is 33.9 Å². The van der Waals surface area contributed by atoms with Gasteiger partial charge in [0, 0.05) is 10.9 Å². The van der Waals surface area contributed by atoms with Crippen LogP contribution in [0.15, 0.2) is 41.8 Å². The van der Waals surface area contributed by atoms with Gasteiger partial charge in [0.15, 0.2) is 0 Å². The van der Waals surface area contributed by atoms with Crippen molar-refractivity contribution < 1.29 is 4.74 Å². The zero-order chi connectivity index (χ0) is 12.3. The Morgan fingerprint density at radius 3 is 2.59 bits per heavy atom. The standard InChI is InChI=1S/C13H14INOS/c1-9(15)13(12-7-4-8-17-12)16-11-6-3-2-5-10(11)14/h2-9,13H,15H2,1H3. The molecule has 0 aliphatic rings. The minimum atomic E-state index is -0.0779. The highest BCUT2D eigenvalue weighted by molar-refractivity contribution is 14.1. The Hall–Kier alpha value is -0.590. The Balaban J connectivity index is 2.23. The van der Waals surface area contributed by atoms with Crippen LogP contribution >= 0.6 is 33.9 Å². The number of ether oxygens (including phenoxy) is 1. The molecule has 17 heavy (non-hydrogen) atoms. The molecule has 0 aliphatic carbocycles. The quantitative estimate of drug-likeness (QED) is 0.843. The second kappa shape index (κ2) is 5.84. The van der Waals surface area contributed by atoms with Crippen LogP contribution in [0.4, 0.5) is 0 Å². The number of rotatable bonds is 4. The van der Waals surface area contributed by atoms with Crippen LogP contribution in [0, 0.1) is 3.57 Å². The van der Waals surface area contributed by atoms with Crippen molar-refractivity contribution in [3.8, 4) is 5.75 Å². The van der Waals surface area contributed by atoms with Crippen molar-refractivity contribution in [2.24, 2.45) is 5.73 Å². The maximum Gasteiger partial charge on any atom is 0.148 e. The average Bonchev–Trinajstić information content (AvgIpc) is 2.81. The molecule has 1 aromatic heterocycles. The van der Waals surface area contributed by atoms with Crippen molar-refractivity contribution in [2.45, 2.75) is 19.1 Å². The third-order valence-corrected chi connectivity index (χ3v) is 4.22. The summed E-state index contributed by atoms with van der Waals surface area (Å²) in [5.41, 5.74) is 6.01. The van der Waals surface area contributed by atoms with E-state index in [0.29, 0.717) is 0 Å². The summed E-state index contributed by atoms with van der Waals surface area (Å²) < 4.78 is 7.13. The van der Waals surface area contributed by atoms with Crippen LogP contribution < -0.4 is 10.5 Å². The molecule has 2 nitrogen and oxygen atoms in total. The fourth-order valence-electron chi connectivity index (χ4n) is 1.55. The van der Waals surface area contributed by atoms with E-state index in [-0.39, 0.29) is 12.1 Å². The lowest BCUT2D eigenvalue weighted by Crippen LogP contribution is -2.28. The van der Waals surface area contributed by atoms with Crippen LogP contribution in [0.25, 0.3) is 0 Å². The first kappa shape index (κ1) is 12.9. The SMILES string of the molecule is CC(N)C(Oc1ccccc1I)c1cccs1. The number of benzene rings is 1. The summed E-state index contributed by atoms with van der Waals surface area (Å²) in [4.78, 5) is 1.17. The van der Waals surface area contributed by atoms with Gasteiger partial charge in [-0.15, -0.1) is 11.3 Å². The largest absolute Gasteiger partial charge is 0.482 e. The average molecular weight is 359 g/mol. The maximum absolute atomic E-state index is 6.03. The Morgan fingerprint density at radius 1 is 1.24 bits per heavy atom. The molecule has 0 saturated carbocycles. The molecule has 1 heterocycles. The van der Waals surface area contributed by atoms with E-state index in [1.807, 2.05) is 42.6 Å². The molecule has 0 saturated heterocycles. The van der Waals surface area contributed by atoms with E-state index in [9.17, 15) is 0 Å². The topological polar surface area (TPSA) is 35.2 Å². The summed E-state index contributed by atoms with van der Waals surface area (Å²) in [6.07, 6.45) is -0.0779. The maximum atomic E-state index is 6.03. The third-order valence-electron chi connectivity index (χ3n) is 2.39. The van der Waals surface area contributed by atoms with Crippen LogP contribution in [0.1, 0.15) is 17.9 Å². The van der Waals surface area contributed by atoms with Gasteiger partial charge >= 0.3 is 0 Å². The fourth-order valence-corrected chi connectivity index (χ4v) is 2.94. The van der Waals surface area contributed by atoms with Crippen LogP contribution in [0.3, 0.4) is 0 Å². The summed E-state index contributed by atoms with van der Waals surface area (Å²) in [5, 5.41) is 2.05. The molecule has 2 N–H and O–H groups in total. The first-order valence-corrected chi connectivity index (χ1v) is 7.34. The molecule has 4 heteroatoms. The van der Waals surface area contributed by atoms with Gasteiger partial charge in [-0.25, -0.2) is 0 Å². The predicted octanol–water partition coefficient (Wildman–Crippen LogP) is 3.82. The molecular weight excluding hydrogens is 345 g/mol. The van der Waals surface area contributed by atoms with Crippen molar-refractivity contribution in [3.05, 3.63) is 50.2 Å². The zero-order valence-corrected chi connectivity index (χ0v) is 12.4. The van der Waals surface area contributed by atoms with Crippen LogP contribution in [0.5, 0.6) is 5.75 Å². The monoisotopic (exact) mass is 359 g/mol. The molecule has 2 aromatic rings. The number of hydrogen-bond donors (Lipinski definition) is 1. The van der Waals surface area contributed by atoms with Crippen LogP contribution in [0.2, 0.25) is 0 Å². The van der Waals surface area contributed by atoms with E-state index < -0.39 is 0 Å². The molecule has 2 rings (SSSR count). The summed E-state index contributed by atoms with van der Waals surface area (Å²) in [7, 11) is 0. The Labute approximate surface area is 119 Å². The van der Waals surface area contributed by atoms with Crippen molar-refractivity contribution in [1.29, 1.82) is 0 Å². The van der Waals surface area contributed by atoms with E-state index in [2.05, 4.69) is 28.7 Å². The van der Waals surface area contributed by atoms with Crippen molar-refractivity contribution in [2.75, 3.05) is 0 Å². The first-order valence-electron chi connectivity index (χ1n) is 5.38. The molecule has 0 radical (unpaired) electrons. The minimum absolute atomic E-state index is 0.0374. The second-order valence-electron chi connectivity index (χ2n) is 3.84. The lowest BCUT2D eigenvalue weighted by molar-refractivity contribution is 0.182. The molecular formula is C13H14INOS. The number of para-hydroxylation sites is 1. The second-order valence-corrected chi connectivity index (χ2v) is 5.98. The van der Waals surface area contributed by atoms with E-state index in [1.54, 1.807) is 11.3 Å². The number of halogens is 1. The molecule has 0 amide bonds. The van der Waals surface area contributed by atoms with Crippen LogP contribution in [-0.4, -0.2) is 6.04 Å². The van der Waals surface area contributed by atoms with E-state index in [1.165, 1.54) is 4.88 Å². The highest BCUT2D eigenvalue weighted by Crippen LogP contribution is 2.30. The number of nitrogens with two attached hydrogens (primary N) is 1. The predicted molar refractivity (Wildman–Crippen MR) is 80.5 cm³/mol. The van der Waals surface area contributed by atoms with Gasteiger partial charge in [-0.05, 0) is 53.1 Å². The van der Waals surface area contributed by atoms with E-state index >= 15 is 0 Å². The van der Waals surface area contributed by atoms with Crippen molar-refractivity contribution in [1.82, 2.24) is 0 Å². The zero-order valence-electron chi connectivity index (χ0n) is 9.47. The number of thiophene rings is 1. The molecule has 1 aromatic carbocycles. The summed E-state index contributed by atoms with van der Waals surface area (Å²) in [6.45, 7) is 1.97. The first-order chi connectivity index (χ1) is 8.18. The summed E-state index contributed by atoms with van der Waals surface area (Å²) in [6, 6.07) is 12.0. The van der Waals surface area contributed by atoms with Gasteiger partial charge in [0.2, 0.25) is 0 Å². The van der Waals surface area contributed by atoms with Gasteiger partial charge in [0.05, 0.1) is 3.57 Å². The molecule has 2 atom stereocenters. The lowest BCUT2D eigenvalue weighted by Gasteiger charge is -2.22. The number of hydrogen-bond acceptors (Lipinski definition) is 3. The smallest absolute Gasteiger partial charge is 0.148 e. The Kier molecular flexibility index (Phi) is 4.42. The van der Waals surface area contributed by atoms with Crippen LogP contribution in [-0.2, 0) is 0 Å². The molecule has 0 aliphatic heterocycles. The Bertz CT molecular complexity index is 470. The van der Waals surface area contributed by atoms with Gasteiger partial charge in [-0.2, -0.15) is 0 Å². The summed E-state index contributed by atoms with van der Waals surface area (Å²) in [5.74, 6) is 0.892. The van der Waals surface area contributed by atoms with Gasteiger partial charge in [-0.3, -0.25) is 0 Å². The molecule has 0 fully saturated rings. The molecule has 0 spiro atoms. The van der Waals surface area contributed by atoms with Gasteiger partial charge in [0.1, 0.15) is 11.9 Å². The minimum Gasteiger partial charge on any atom is -0.482 e. The van der Waals surface area contributed by atoms with E-state index in [0.717, 1.165) is 9.32 Å². The van der Waals surface area contributed by atoms with Gasteiger partial charge in [0.25, 0.3) is 0 Å². The van der Waals surface area contributed by atoms with Crippen molar-refractivity contribution in [3.63, 3.8) is 0 Å². The molecule has 0 bridgehead atoms. The van der Waals surface area contributed by atoms with Gasteiger partial charge in [-0.1, -0.05) is 18.2 Å². The summed E-state index contributed by atoms with van der Waals surface area (Å²) >= 11 is 3.95. The lowest BCUT2D eigenvalue weighted by atomic mass is 10.1. The van der Waals surface area contributed by atoms with Gasteiger partial charge < -0.3 is 10.5 Å². The molecule has 2 unspecified atom stereocenters. The normalized spacial score (nSPS) is 14.3. The fraction of sp³-hybridized carbons (Fsp3) is 0.231. The van der Waals surface area contributed by atoms with E-state index in [4.69, 9.17) is 10.5 Å². The highest BCUT2D eigenvalue weighted by atomic mass is 127. The highest BCUT2D eigenvalue weighted by Gasteiger charge is 2.19. The third kappa shape index (κ3) is 3.20. The molecule has 90 valence electrons. The Morgan fingerprint density at radius 2 is 2.00 bits per heavy atom.